The lowest BCUT2D eigenvalue weighted by Crippen LogP contribution is -2.43. The maximum absolute atomic E-state index is 12.3. The van der Waals surface area contributed by atoms with E-state index >= 15 is 0 Å². The van der Waals surface area contributed by atoms with E-state index in [2.05, 4.69) is 10.1 Å². The van der Waals surface area contributed by atoms with Crippen molar-refractivity contribution in [2.24, 2.45) is 0 Å². The van der Waals surface area contributed by atoms with E-state index in [0.717, 1.165) is 6.21 Å². The summed E-state index contributed by atoms with van der Waals surface area (Å²) in [6.45, 7) is 3.40. The fourth-order valence-corrected chi connectivity index (χ4v) is 2.07. The Morgan fingerprint density at radius 3 is 2.75 bits per heavy atom. The number of nitrogens with one attached hydrogen (secondary N) is 1. The molecule has 0 aromatic rings. The van der Waals surface area contributed by atoms with Crippen LogP contribution in [0.5, 0.6) is 0 Å². The van der Waals surface area contributed by atoms with Gasteiger partial charge < -0.3 is 20.5 Å². The van der Waals surface area contributed by atoms with E-state index in [4.69, 9.17) is 10.3 Å². The molecule has 0 aliphatic carbocycles. The normalized spacial score (nSPS) is 14.5. The molecule has 1 rings (SSSR count). The molecule has 0 radical (unpaired) electrons. The minimum Gasteiger partial charge on any atom is -0.461 e. The van der Waals surface area contributed by atoms with E-state index in [1.807, 2.05) is 12.3 Å². The first-order valence-electron chi connectivity index (χ1n) is 7.64. The Morgan fingerprint density at radius 2 is 2.17 bits per heavy atom. The van der Waals surface area contributed by atoms with Gasteiger partial charge in [-0.2, -0.15) is 4.79 Å². The highest BCUT2D eigenvalue weighted by Crippen LogP contribution is 2.12. The van der Waals surface area contributed by atoms with E-state index in [-0.39, 0.29) is 24.9 Å². The maximum Gasteiger partial charge on any atom is 0.328 e. The topological polar surface area (TPSA) is 112 Å². The van der Waals surface area contributed by atoms with Gasteiger partial charge in [0.15, 0.2) is 0 Å². The number of allylic oxidation sites excluding steroid dienone is 1. The molecule has 0 saturated heterocycles. The number of rotatable bonds is 8. The fraction of sp³-hybridized carbons (Fsp3) is 0.500. The quantitative estimate of drug-likeness (QED) is 0.305. The first-order chi connectivity index (χ1) is 11.3. The maximum atomic E-state index is 12.3. The van der Waals surface area contributed by atoms with Gasteiger partial charge in [0, 0.05) is 25.2 Å². The van der Waals surface area contributed by atoms with Crippen LogP contribution >= 0.6 is 0 Å². The van der Waals surface area contributed by atoms with Crippen molar-refractivity contribution in [3.8, 4) is 0 Å². The van der Waals surface area contributed by atoms with Crippen LogP contribution in [-0.2, 0) is 19.1 Å². The largest absolute Gasteiger partial charge is 0.461 e. The van der Waals surface area contributed by atoms with Crippen LogP contribution in [0.15, 0.2) is 24.0 Å². The van der Waals surface area contributed by atoms with Crippen molar-refractivity contribution in [3.63, 3.8) is 0 Å². The van der Waals surface area contributed by atoms with Gasteiger partial charge in [-0.1, -0.05) is 6.08 Å². The lowest BCUT2D eigenvalue weighted by molar-refractivity contribution is -0.151. The van der Waals surface area contributed by atoms with E-state index in [0.29, 0.717) is 12.0 Å². The summed E-state index contributed by atoms with van der Waals surface area (Å²) in [5.41, 5.74) is 8.84. The average Bonchev–Trinajstić information content (AvgIpc) is 2.50. The van der Waals surface area contributed by atoms with Gasteiger partial charge in [-0.25, -0.2) is 4.79 Å². The molecule has 1 aliphatic heterocycles. The molecule has 0 saturated carbocycles. The highest BCUT2D eigenvalue weighted by Gasteiger charge is 2.25. The smallest absolute Gasteiger partial charge is 0.328 e. The van der Waals surface area contributed by atoms with Crippen LogP contribution in [-0.4, -0.2) is 52.8 Å². The van der Waals surface area contributed by atoms with Crippen LogP contribution in [0.3, 0.4) is 0 Å². The van der Waals surface area contributed by atoms with Crippen LogP contribution in [0.25, 0.3) is 5.53 Å². The van der Waals surface area contributed by atoms with Gasteiger partial charge in [0.2, 0.25) is 11.7 Å². The zero-order chi connectivity index (χ0) is 18.1. The van der Waals surface area contributed by atoms with Crippen LogP contribution < -0.4 is 5.32 Å². The number of amides is 1. The lowest BCUT2D eigenvalue weighted by atomic mass is 10.1. The summed E-state index contributed by atoms with van der Waals surface area (Å²) in [6, 6.07) is -0.951. The third-order valence-corrected chi connectivity index (χ3v) is 3.15. The summed E-state index contributed by atoms with van der Waals surface area (Å²) in [5.74, 6) is -1.44. The van der Waals surface area contributed by atoms with E-state index in [1.54, 1.807) is 32.0 Å². The highest BCUT2D eigenvalue weighted by molar-refractivity contribution is 6.25. The van der Waals surface area contributed by atoms with Crippen molar-refractivity contribution in [3.05, 3.63) is 29.6 Å². The molecule has 1 heterocycles. The molecule has 0 unspecified atom stereocenters. The summed E-state index contributed by atoms with van der Waals surface area (Å²) >= 11 is 0. The number of Topliss-reactive ketones (excluding diaryl/α,β-unsaturated/α-hetero) is 1. The Labute approximate surface area is 140 Å². The molecular weight excluding hydrogens is 312 g/mol. The monoisotopic (exact) mass is 334 g/mol. The Balaban J connectivity index is 2.76. The number of esters is 1. The second-order valence-electron chi connectivity index (χ2n) is 5.67. The Bertz CT molecular complexity index is 603. The van der Waals surface area contributed by atoms with E-state index in [9.17, 15) is 14.4 Å². The van der Waals surface area contributed by atoms with Crippen LogP contribution in [0.4, 0.5) is 0 Å². The molecule has 8 heteroatoms. The third-order valence-electron chi connectivity index (χ3n) is 3.15. The van der Waals surface area contributed by atoms with Crippen LogP contribution in [0.1, 0.15) is 33.1 Å². The van der Waals surface area contributed by atoms with Gasteiger partial charge >= 0.3 is 12.2 Å². The molecule has 1 aliphatic rings. The number of hydrogen-bond donors (Lipinski definition) is 1. The molecule has 0 bridgehead atoms. The predicted molar refractivity (Wildman–Crippen MR) is 86.7 cm³/mol. The molecule has 0 aromatic carbocycles. The first kappa shape index (κ1) is 19.3. The molecular formula is C16H22N4O4. The predicted octanol–water partition coefficient (Wildman–Crippen LogP) is 0.806. The number of carbonyl (C=O) groups is 3. The highest BCUT2D eigenvalue weighted by atomic mass is 16.5. The molecule has 1 N–H and O–H groups in total. The summed E-state index contributed by atoms with van der Waals surface area (Å²) in [4.78, 5) is 40.3. The molecule has 1 atom stereocenters. The van der Waals surface area contributed by atoms with Crippen LogP contribution in [0, 0.1) is 0 Å². The summed E-state index contributed by atoms with van der Waals surface area (Å²) in [7, 11) is 1.79. The Kier molecular flexibility index (Phi) is 7.58. The van der Waals surface area contributed by atoms with Crippen molar-refractivity contribution in [1.29, 1.82) is 0 Å². The molecule has 1 amide bonds. The molecule has 130 valence electrons. The van der Waals surface area contributed by atoms with Crippen molar-refractivity contribution < 1.29 is 23.9 Å². The number of hydrogen-bond acceptors (Lipinski definition) is 5. The fourth-order valence-electron chi connectivity index (χ4n) is 2.07. The first-order valence-corrected chi connectivity index (χ1v) is 7.64. The molecule has 0 aromatic heterocycles. The van der Waals surface area contributed by atoms with Gasteiger partial charge in [-0.05, 0) is 32.9 Å². The van der Waals surface area contributed by atoms with Crippen molar-refractivity contribution >= 4 is 23.9 Å². The van der Waals surface area contributed by atoms with Gasteiger partial charge in [-0.3, -0.25) is 9.59 Å². The number of ketones is 1. The van der Waals surface area contributed by atoms with Crippen molar-refractivity contribution in [2.75, 3.05) is 7.05 Å². The zero-order valence-corrected chi connectivity index (χ0v) is 14.1. The molecule has 8 nitrogen and oxygen atoms in total. The Morgan fingerprint density at radius 1 is 1.46 bits per heavy atom. The van der Waals surface area contributed by atoms with Crippen molar-refractivity contribution in [2.45, 2.75) is 45.3 Å². The Hall–Kier alpha value is -2.73. The zero-order valence-electron chi connectivity index (χ0n) is 14.1. The number of ether oxygens (including phenoxy) is 1. The second-order valence-corrected chi connectivity index (χ2v) is 5.67. The molecule has 0 spiro atoms. The standard InChI is InChI=1S/C16H22N4O4/c1-11(2)24-16(23)14(7-6-13(21)9-18-17)19-15(22)12-5-4-8-20(3)10-12/h4,8-11,14H,5-7H2,1-3H3,(H,19,22)/t14-/m0/s1. The van der Waals surface area contributed by atoms with Gasteiger partial charge in [0.1, 0.15) is 6.04 Å². The van der Waals surface area contributed by atoms with E-state index < -0.39 is 17.8 Å². The average molecular weight is 334 g/mol. The van der Waals surface area contributed by atoms with Crippen molar-refractivity contribution in [1.82, 2.24) is 10.2 Å². The van der Waals surface area contributed by atoms with Gasteiger partial charge in [0.25, 0.3) is 0 Å². The third kappa shape index (κ3) is 6.58. The number of nitrogens with zero attached hydrogens (tertiary/aromatic N) is 3. The summed E-state index contributed by atoms with van der Waals surface area (Å²) < 4.78 is 5.12. The molecule has 0 fully saturated rings. The second kappa shape index (κ2) is 9.42. The lowest BCUT2D eigenvalue weighted by Gasteiger charge is -2.21. The molecule has 24 heavy (non-hydrogen) atoms. The minimum atomic E-state index is -0.951. The summed E-state index contributed by atoms with van der Waals surface area (Å²) in [6.07, 6.45) is 6.21. The minimum absolute atomic E-state index is 0.0545. The van der Waals surface area contributed by atoms with Gasteiger partial charge in [0.05, 0.1) is 6.10 Å². The SMILES string of the molecule is CC(C)OC(=O)[C@H](CCC(=O)C=[N+]=[N-])NC(=O)C1=CN(C)C=CC1. The number of carbonyl (C=O) groups excluding carboxylic acids is 3. The summed E-state index contributed by atoms with van der Waals surface area (Å²) in [5, 5.41) is 2.61. The van der Waals surface area contributed by atoms with E-state index in [1.165, 1.54) is 0 Å². The van der Waals surface area contributed by atoms with Gasteiger partial charge in [-0.15, -0.1) is 0 Å². The van der Waals surface area contributed by atoms with Crippen LogP contribution in [0.2, 0.25) is 0 Å².